The quantitative estimate of drug-likeness (QED) is 0.865. The zero-order chi connectivity index (χ0) is 18.7. The van der Waals surface area contributed by atoms with Gasteiger partial charge in [0, 0.05) is 0 Å². The zero-order valence-corrected chi connectivity index (χ0v) is 14.6. The Kier molecular flexibility index (Phi) is 5.59. The molecule has 24 heavy (non-hydrogen) atoms. The van der Waals surface area contributed by atoms with Gasteiger partial charge in [-0.15, -0.1) is 0 Å². The van der Waals surface area contributed by atoms with Gasteiger partial charge in [0.2, 0.25) is 0 Å². The summed E-state index contributed by atoms with van der Waals surface area (Å²) in [7, 11) is 0. The van der Waals surface area contributed by atoms with Gasteiger partial charge in [0.15, 0.2) is 6.04 Å². The highest BCUT2D eigenvalue weighted by Gasteiger charge is 2.30. The predicted octanol–water partition coefficient (Wildman–Crippen LogP) is 2.32. The fourth-order valence-electron chi connectivity index (χ4n) is 1.67. The van der Waals surface area contributed by atoms with Crippen molar-refractivity contribution in [2.75, 3.05) is 0 Å². The lowest BCUT2D eigenvalue weighted by molar-refractivity contribution is -0.139. The number of carboxylic acids is 1. The number of amides is 1. The summed E-state index contributed by atoms with van der Waals surface area (Å²) in [6.45, 7) is 9.97. The maximum atomic E-state index is 12.1. The van der Waals surface area contributed by atoms with Crippen molar-refractivity contribution in [3.05, 3.63) is 18.2 Å². The highest BCUT2D eigenvalue weighted by molar-refractivity contribution is 5.82. The number of aromatic nitrogens is 2. The maximum absolute atomic E-state index is 12.1. The lowest BCUT2D eigenvalue weighted by Crippen LogP contribution is -2.39. The van der Waals surface area contributed by atoms with E-state index in [1.807, 2.05) is 0 Å². The number of hydrogen-bond donors (Lipinski definition) is 2. The number of carbonyl (C=O) groups is 3. The molecule has 1 atom stereocenters. The number of ether oxygens (including phenoxy) is 2. The van der Waals surface area contributed by atoms with E-state index in [2.05, 4.69) is 10.3 Å². The number of carbonyl (C=O) groups excluding carboxylic acids is 2. The van der Waals surface area contributed by atoms with Gasteiger partial charge in [-0.1, -0.05) is 0 Å². The van der Waals surface area contributed by atoms with Crippen LogP contribution in [0.2, 0.25) is 0 Å². The van der Waals surface area contributed by atoms with Crippen molar-refractivity contribution in [1.29, 1.82) is 0 Å². The smallest absolute Gasteiger partial charge is 0.420 e. The normalized spacial score (nSPS) is 13.1. The minimum atomic E-state index is -1.52. The molecule has 9 heteroatoms. The predicted molar refractivity (Wildman–Crippen MR) is 83.6 cm³/mol. The fraction of sp³-hybridized carbons (Fsp3) is 0.600. The monoisotopic (exact) mass is 341 g/mol. The molecule has 0 aliphatic carbocycles. The van der Waals surface area contributed by atoms with E-state index in [0.29, 0.717) is 0 Å². The van der Waals surface area contributed by atoms with Crippen LogP contribution in [0, 0.1) is 0 Å². The molecule has 1 amide bonds. The lowest BCUT2D eigenvalue weighted by Gasteiger charge is -2.23. The van der Waals surface area contributed by atoms with Crippen LogP contribution in [0.4, 0.5) is 9.59 Å². The molecule has 0 saturated heterocycles. The molecule has 1 unspecified atom stereocenters. The van der Waals surface area contributed by atoms with Crippen LogP contribution < -0.4 is 5.32 Å². The van der Waals surface area contributed by atoms with Gasteiger partial charge in [-0.2, -0.15) is 0 Å². The first-order valence-corrected chi connectivity index (χ1v) is 7.28. The maximum Gasteiger partial charge on any atom is 0.420 e. The first kappa shape index (κ1) is 19.5. The Balaban J connectivity index is 3.03. The van der Waals surface area contributed by atoms with Crippen molar-refractivity contribution in [3.8, 4) is 0 Å². The average Bonchev–Trinajstić information content (AvgIpc) is 2.79. The molecule has 0 saturated carbocycles. The van der Waals surface area contributed by atoms with Crippen molar-refractivity contribution in [2.45, 2.75) is 58.8 Å². The molecule has 0 bridgehead atoms. The largest absolute Gasteiger partial charge is 0.479 e. The topological polar surface area (TPSA) is 120 Å². The number of hydrogen-bond acceptors (Lipinski definition) is 6. The SMILES string of the molecule is CC(C)(C)OC(=O)NC(C(=O)O)c1cncn1C(=O)OC(C)(C)C. The Morgan fingerprint density at radius 2 is 1.67 bits per heavy atom. The van der Waals surface area contributed by atoms with E-state index >= 15 is 0 Å². The number of aliphatic carboxylic acids is 1. The van der Waals surface area contributed by atoms with Crippen molar-refractivity contribution >= 4 is 18.2 Å². The van der Waals surface area contributed by atoms with Crippen molar-refractivity contribution in [1.82, 2.24) is 14.9 Å². The highest BCUT2D eigenvalue weighted by atomic mass is 16.6. The summed E-state index contributed by atoms with van der Waals surface area (Å²) in [5, 5.41) is 11.6. The minimum Gasteiger partial charge on any atom is -0.479 e. The molecule has 134 valence electrons. The van der Waals surface area contributed by atoms with Crippen molar-refractivity contribution < 1.29 is 29.0 Å². The fourth-order valence-corrected chi connectivity index (χ4v) is 1.67. The van der Waals surface area contributed by atoms with Gasteiger partial charge < -0.3 is 19.9 Å². The molecule has 1 heterocycles. The number of alkyl carbamates (subject to hydrolysis) is 1. The molecular weight excluding hydrogens is 318 g/mol. The van der Waals surface area contributed by atoms with Gasteiger partial charge in [0.1, 0.15) is 17.5 Å². The van der Waals surface area contributed by atoms with Crippen LogP contribution in [0.5, 0.6) is 0 Å². The van der Waals surface area contributed by atoms with Crippen LogP contribution in [0.3, 0.4) is 0 Å². The lowest BCUT2D eigenvalue weighted by atomic mass is 10.2. The van der Waals surface area contributed by atoms with Gasteiger partial charge in [0.05, 0.1) is 11.9 Å². The van der Waals surface area contributed by atoms with Crippen molar-refractivity contribution in [2.24, 2.45) is 0 Å². The average molecular weight is 341 g/mol. The molecule has 1 aromatic heterocycles. The third kappa shape index (κ3) is 5.90. The third-order valence-corrected chi connectivity index (χ3v) is 2.46. The molecule has 0 radical (unpaired) electrons. The van der Waals surface area contributed by atoms with Gasteiger partial charge in [-0.3, -0.25) is 0 Å². The van der Waals surface area contributed by atoms with Crippen LogP contribution in [-0.4, -0.2) is 44.0 Å². The number of nitrogens with zero attached hydrogens (tertiary/aromatic N) is 2. The summed E-state index contributed by atoms with van der Waals surface area (Å²) >= 11 is 0. The first-order chi connectivity index (χ1) is 10.8. The van der Waals surface area contributed by atoms with E-state index in [0.717, 1.165) is 10.9 Å². The van der Waals surface area contributed by atoms with Gasteiger partial charge in [0.25, 0.3) is 0 Å². The number of carboxylic acid groups (broad SMARTS) is 1. The van der Waals surface area contributed by atoms with Crippen LogP contribution in [0.25, 0.3) is 0 Å². The van der Waals surface area contributed by atoms with Crippen LogP contribution >= 0.6 is 0 Å². The molecule has 0 aromatic carbocycles. The molecule has 9 nitrogen and oxygen atoms in total. The van der Waals surface area contributed by atoms with E-state index in [4.69, 9.17) is 9.47 Å². The molecule has 0 aliphatic rings. The Morgan fingerprint density at radius 3 is 2.12 bits per heavy atom. The Labute approximate surface area is 140 Å². The van der Waals surface area contributed by atoms with Gasteiger partial charge in [-0.25, -0.2) is 23.9 Å². The second-order valence-corrected chi connectivity index (χ2v) is 7.09. The molecule has 1 rings (SSSR count). The van der Waals surface area contributed by atoms with Crippen molar-refractivity contribution in [3.63, 3.8) is 0 Å². The van der Waals surface area contributed by atoms with Crippen LogP contribution in [0.15, 0.2) is 12.5 Å². The summed E-state index contributed by atoms with van der Waals surface area (Å²) in [5.74, 6) is -1.37. The van der Waals surface area contributed by atoms with E-state index < -0.39 is 35.4 Å². The van der Waals surface area contributed by atoms with Crippen LogP contribution in [-0.2, 0) is 14.3 Å². The molecule has 0 aliphatic heterocycles. The number of rotatable bonds is 3. The Bertz CT molecular complexity index is 624. The first-order valence-electron chi connectivity index (χ1n) is 7.28. The number of imidazole rings is 1. The standard InChI is InChI=1S/C15H23N3O6/c1-14(2,3)23-12(21)17-10(11(19)20)9-7-16-8-18(9)13(22)24-15(4,5)6/h7-8,10H,1-6H3,(H,17,21)(H,19,20). The second kappa shape index (κ2) is 6.90. The van der Waals surface area contributed by atoms with Gasteiger partial charge >= 0.3 is 18.2 Å². The summed E-state index contributed by atoms with van der Waals surface area (Å²) in [4.78, 5) is 39.2. The third-order valence-electron chi connectivity index (χ3n) is 2.46. The van der Waals surface area contributed by atoms with E-state index in [-0.39, 0.29) is 5.69 Å². The van der Waals surface area contributed by atoms with E-state index in [9.17, 15) is 19.5 Å². The second-order valence-electron chi connectivity index (χ2n) is 7.09. The van der Waals surface area contributed by atoms with E-state index in [1.54, 1.807) is 41.5 Å². The van der Waals surface area contributed by atoms with Gasteiger partial charge in [-0.05, 0) is 41.5 Å². The molecular formula is C15H23N3O6. The molecule has 2 N–H and O–H groups in total. The highest BCUT2D eigenvalue weighted by Crippen LogP contribution is 2.17. The van der Waals surface area contributed by atoms with E-state index in [1.165, 1.54) is 6.20 Å². The summed E-state index contributed by atoms with van der Waals surface area (Å²) in [5.41, 5.74) is -1.61. The molecule has 0 spiro atoms. The molecule has 0 fully saturated rings. The number of nitrogens with one attached hydrogen (secondary N) is 1. The molecule has 1 aromatic rings. The van der Waals surface area contributed by atoms with Crippen LogP contribution in [0.1, 0.15) is 53.3 Å². The Hall–Kier alpha value is -2.58. The summed E-state index contributed by atoms with van der Waals surface area (Å²) in [6.07, 6.45) is 0.565. The summed E-state index contributed by atoms with van der Waals surface area (Å²) in [6, 6.07) is -1.52. The minimum absolute atomic E-state index is 0.0531. The summed E-state index contributed by atoms with van der Waals surface area (Å²) < 4.78 is 11.2. The Morgan fingerprint density at radius 1 is 1.12 bits per heavy atom. The zero-order valence-electron chi connectivity index (χ0n) is 14.6.